The van der Waals surface area contributed by atoms with Crippen LogP contribution in [-0.2, 0) is 11.0 Å². The van der Waals surface area contributed by atoms with Crippen molar-refractivity contribution in [2.24, 2.45) is 0 Å². The molecule has 148 valence electrons. The summed E-state index contributed by atoms with van der Waals surface area (Å²) in [5.74, 6) is -1.14. The molecular formula is C19H17F3N2O4. The SMILES string of the molecule is O=C(O)C1CCCCN1C(=O)c1ccc(Oc2ccc(C(F)(F)F)cn2)cc1. The Morgan fingerprint density at radius 3 is 2.39 bits per heavy atom. The summed E-state index contributed by atoms with van der Waals surface area (Å²) in [5, 5.41) is 9.29. The van der Waals surface area contributed by atoms with Gasteiger partial charge in [0.15, 0.2) is 0 Å². The zero-order valence-corrected chi connectivity index (χ0v) is 14.6. The van der Waals surface area contributed by atoms with Crippen LogP contribution in [0.3, 0.4) is 0 Å². The Labute approximate surface area is 158 Å². The van der Waals surface area contributed by atoms with E-state index < -0.39 is 23.8 Å². The highest BCUT2D eigenvalue weighted by Crippen LogP contribution is 2.30. The number of rotatable bonds is 4. The number of benzene rings is 1. The number of aromatic nitrogens is 1. The Balaban J connectivity index is 1.69. The minimum Gasteiger partial charge on any atom is -0.480 e. The average Bonchev–Trinajstić information content (AvgIpc) is 2.68. The number of likely N-dealkylation sites (tertiary alicyclic amines) is 1. The number of piperidine rings is 1. The van der Waals surface area contributed by atoms with Gasteiger partial charge in [0.25, 0.3) is 5.91 Å². The summed E-state index contributed by atoms with van der Waals surface area (Å²) < 4.78 is 43.0. The van der Waals surface area contributed by atoms with E-state index in [-0.39, 0.29) is 17.5 Å². The second-order valence-electron chi connectivity index (χ2n) is 6.36. The number of carbonyl (C=O) groups is 2. The average molecular weight is 394 g/mol. The van der Waals surface area contributed by atoms with Gasteiger partial charge in [-0.15, -0.1) is 0 Å². The topological polar surface area (TPSA) is 79.7 Å². The van der Waals surface area contributed by atoms with Crippen LogP contribution in [0.1, 0.15) is 35.2 Å². The molecule has 2 aromatic rings. The number of carboxylic acids is 1. The maximum atomic E-state index is 12.6. The molecular weight excluding hydrogens is 377 g/mol. The first-order valence-corrected chi connectivity index (χ1v) is 8.60. The molecule has 1 unspecified atom stereocenters. The highest BCUT2D eigenvalue weighted by atomic mass is 19.4. The molecule has 0 saturated carbocycles. The third-order valence-corrected chi connectivity index (χ3v) is 4.44. The largest absolute Gasteiger partial charge is 0.480 e. The van der Waals surface area contributed by atoms with Gasteiger partial charge in [0.2, 0.25) is 5.88 Å². The van der Waals surface area contributed by atoms with E-state index in [0.29, 0.717) is 24.7 Å². The molecule has 1 fully saturated rings. The number of hydrogen-bond donors (Lipinski definition) is 1. The van der Waals surface area contributed by atoms with Crippen molar-refractivity contribution in [3.8, 4) is 11.6 Å². The van der Waals surface area contributed by atoms with E-state index in [1.807, 2.05) is 0 Å². The lowest BCUT2D eigenvalue weighted by Crippen LogP contribution is -2.47. The van der Waals surface area contributed by atoms with Gasteiger partial charge in [-0.1, -0.05) is 0 Å². The van der Waals surface area contributed by atoms with Gasteiger partial charge in [0, 0.05) is 24.4 Å². The van der Waals surface area contributed by atoms with Crippen molar-refractivity contribution in [2.75, 3.05) is 6.54 Å². The number of pyridine rings is 1. The second kappa shape index (κ2) is 7.87. The molecule has 28 heavy (non-hydrogen) atoms. The highest BCUT2D eigenvalue weighted by molar-refractivity contribution is 5.96. The Hall–Kier alpha value is -3.10. The molecule has 1 N–H and O–H groups in total. The lowest BCUT2D eigenvalue weighted by atomic mass is 10.0. The molecule has 1 atom stereocenters. The highest BCUT2D eigenvalue weighted by Gasteiger charge is 2.32. The van der Waals surface area contributed by atoms with E-state index in [1.165, 1.54) is 29.2 Å². The molecule has 3 rings (SSSR count). The molecule has 2 heterocycles. The molecule has 1 aromatic heterocycles. The predicted octanol–water partition coefficient (Wildman–Crippen LogP) is 3.97. The van der Waals surface area contributed by atoms with Crippen LogP contribution >= 0.6 is 0 Å². The fourth-order valence-corrected chi connectivity index (χ4v) is 2.99. The zero-order valence-electron chi connectivity index (χ0n) is 14.6. The van der Waals surface area contributed by atoms with Crippen molar-refractivity contribution in [2.45, 2.75) is 31.5 Å². The summed E-state index contributed by atoms with van der Waals surface area (Å²) in [6, 6.07) is 7.05. The van der Waals surface area contributed by atoms with Crippen LogP contribution in [0, 0.1) is 0 Å². The monoisotopic (exact) mass is 394 g/mol. The molecule has 9 heteroatoms. The second-order valence-corrected chi connectivity index (χ2v) is 6.36. The zero-order chi connectivity index (χ0) is 20.3. The molecule has 1 aliphatic rings. The van der Waals surface area contributed by atoms with Gasteiger partial charge in [0.05, 0.1) is 5.56 Å². The predicted molar refractivity (Wildman–Crippen MR) is 92.1 cm³/mol. The summed E-state index contributed by atoms with van der Waals surface area (Å²) >= 11 is 0. The summed E-state index contributed by atoms with van der Waals surface area (Å²) in [5.41, 5.74) is -0.573. The Kier molecular flexibility index (Phi) is 5.53. The van der Waals surface area contributed by atoms with E-state index in [9.17, 15) is 27.9 Å². The van der Waals surface area contributed by atoms with Gasteiger partial charge in [-0.05, 0) is 49.6 Å². The van der Waals surface area contributed by atoms with Crippen LogP contribution < -0.4 is 4.74 Å². The van der Waals surface area contributed by atoms with Gasteiger partial charge in [-0.3, -0.25) is 4.79 Å². The number of alkyl halides is 3. The van der Waals surface area contributed by atoms with Crippen molar-refractivity contribution in [1.29, 1.82) is 0 Å². The van der Waals surface area contributed by atoms with E-state index in [1.54, 1.807) is 0 Å². The quantitative estimate of drug-likeness (QED) is 0.849. The third-order valence-electron chi connectivity index (χ3n) is 4.44. The smallest absolute Gasteiger partial charge is 0.417 e. The first kappa shape index (κ1) is 19.7. The molecule has 1 aromatic carbocycles. The molecule has 1 saturated heterocycles. The molecule has 0 spiro atoms. The lowest BCUT2D eigenvalue weighted by molar-refractivity contribution is -0.143. The van der Waals surface area contributed by atoms with Gasteiger partial charge < -0.3 is 14.7 Å². The van der Waals surface area contributed by atoms with Crippen molar-refractivity contribution < 1.29 is 32.6 Å². The van der Waals surface area contributed by atoms with Crippen LogP contribution in [-0.4, -0.2) is 39.5 Å². The summed E-state index contributed by atoms with van der Waals surface area (Å²) in [4.78, 5) is 28.9. The summed E-state index contributed by atoms with van der Waals surface area (Å²) in [7, 11) is 0. The lowest BCUT2D eigenvalue weighted by Gasteiger charge is -2.33. The fourth-order valence-electron chi connectivity index (χ4n) is 2.99. The maximum absolute atomic E-state index is 12.6. The molecule has 0 bridgehead atoms. The number of hydrogen-bond acceptors (Lipinski definition) is 4. The minimum atomic E-state index is -4.48. The standard InChI is InChI=1S/C19H17F3N2O4/c20-19(21,22)13-6-9-16(23-11-13)28-14-7-4-12(5-8-14)17(25)24-10-2-1-3-15(24)18(26)27/h4-9,11,15H,1-3,10H2,(H,26,27). The Morgan fingerprint density at radius 1 is 1.11 bits per heavy atom. The number of halogens is 3. The first-order chi connectivity index (χ1) is 13.3. The van der Waals surface area contributed by atoms with E-state index >= 15 is 0 Å². The van der Waals surface area contributed by atoms with Crippen LogP contribution in [0.2, 0.25) is 0 Å². The van der Waals surface area contributed by atoms with Crippen molar-refractivity contribution in [3.05, 3.63) is 53.7 Å². The van der Waals surface area contributed by atoms with Crippen molar-refractivity contribution in [1.82, 2.24) is 9.88 Å². The first-order valence-electron chi connectivity index (χ1n) is 8.60. The van der Waals surface area contributed by atoms with Crippen LogP contribution in [0.4, 0.5) is 13.2 Å². The van der Waals surface area contributed by atoms with Crippen LogP contribution in [0.25, 0.3) is 0 Å². The number of ether oxygens (including phenoxy) is 1. The molecule has 0 radical (unpaired) electrons. The number of aliphatic carboxylic acids is 1. The van der Waals surface area contributed by atoms with Gasteiger partial charge in [-0.2, -0.15) is 13.2 Å². The minimum absolute atomic E-state index is 0.0194. The fraction of sp³-hybridized carbons (Fsp3) is 0.316. The Bertz CT molecular complexity index is 851. The molecule has 0 aliphatic carbocycles. The van der Waals surface area contributed by atoms with Gasteiger partial charge in [-0.25, -0.2) is 9.78 Å². The summed E-state index contributed by atoms with van der Waals surface area (Å²) in [6.45, 7) is 0.378. The van der Waals surface area contributed by atoms with Crippen LogP contribution in [0.5, 0.6) is 11.6 Å². The van der Waals surface area contributed by atoms with E-state index in [2.05, 4.69) is 4.98 Å². The summed E-state index contributed by atoms with van der Waals surface area (Å²) in [6.07, 6.45) is -1.88. The Morgan fingerprint density at radius 2 is 1.82 bits per heavy atom. The van der Waals surface area contributed by atoms with Crippen LogP contribution in [0.15, 0.2) is 42.6 Å². The van der Waals surface area contributed by atoms with Gasteiger partial charge >= 0.3 is 12.1 Å². The molecule has 6 nitrogen and oxygen atoms in total. The molecule has 1 aliphatic heterocycles. The maximum Gasteiger partial charge on any atom is 0.417 e. The van der Waals surface area contributed by atoms with E-state index in [0.717, 1.165) is 25.0 Å². The van der Waals surface area contributed by atoms with Gasteiger partial charge in [0.1, 0.15) is 11.8 Å². The van der Waals surface area contributed by atoms with Crippen molar-refractivity contribution >= 4 is 11.9 Å². The number of nitrogens with zero attached hydrogens (tertiary/aromatic N) is 2. The van der Waals surface area contributed by atoms with Crippen molar-refractivity contribution in [3.63, 3.8) is 0 Å². The van der Waals surface area contributed by atoms with E-state index in [4.69, 9.17) is 4.74 Å². The third kappa shape index (κ3) is 4.41. The normalized spacial score (nSPS) is 17.2. The number of amides is 1. The number of carbonyl (C=O) groups excluding carboxylic acids is 1. The molecule has 1 amide bonds. The number of carboxylic acid groups (broad SMARTS) is 1.